The molecule has 7 nitrogen and oxygen atoms in total. The minimum Gasteiger partial charge on any atom is -0.308 e. The molecule has 4 rings (SSSR count). The summed E-state index contributed by atoms with van der Waals surface area (Å²) >= 11 is 1.51. The molecule has 3 amide bonds. The number of nitrogens with zero attached hydrogens (tertiary/aromatic N) is 4. The molecule has 1 aliphatic rings. The molecule has 1 aromatic heterocycles. The zero-order chi connectivity index (χ0) is 22.8. The normalized spacial score (nSPS) is 13.6. The lowest BCUT2D eigenvalue weighted by molar-refractivity contribution is -0.121. The Morgan fingerprint density at radius 1 is 1.03 bits per heavy atom. The number of hydrogen-bond acceptors (Lipinski definition) is 6. The maximum absolute atomic E-state index is 13.4. The highest BCUT2D eigenvalue weighted by atomic mass is 35.5. The van der Waals surface area contributed by atoms with Crippen LogP contribution in [0.2, 0.25) is 0 Å². The first kappa shape index (κ1) is 24.8. The monoisotopic (exact) mass is 486 g/mol. The first-order valence-corrected chi connectivity index (χ1v) is 11.5. The van der Waals surface area contributed by atoms with E-state index in [1.54, 1.807) is 29.2 Å². The molecule has 0 radical (unpaired) electrons. The van der Waals surface area contributed by atoms with Crippen LogP contribution in [0.15, 0.2) is 42.5 Å². The number of aryl methyl sites for hydroxylation is 1. The lowest BCUT2D eigenvalue weighted by Gasteiger charge is -2.22. The molecule has 0 spiro atoms. The summed E-state index contributed by atoms with van der Waals surface area (Å²) in [4.78, 5) is 47.1. The minimum absolute atomic E-state index is 0. The maximum atomic E-state index is 13.4. The Morgan fingerprint density at radius 2 is 1.70 bits per heavy atom. The van der Waals surface area contributed by atoms with Crippen LogP contribution in [0.5, 0.6) is 0 Å². The summed E-state index contributed by atoms with van der Waals surface area (Å²) in [6, 6.07) is 12.8. The molecule has 2 aromatic carbocycles. The van der Waals surface area contributed by atoms with Crippen LogP contribution in [0.1, 0.15) is 35.7 Å². The van der Waals surface area contributed by atoms with E-state index in [0.29, 0.717) is 29.5 Å². The molecule has 3 aromatic rings. The summed E-state index contributed by atoms with van der Waals surface area (Å²) in [7, 11) is 3.93. The Labute approximate surface area is 203 Å². The fourth-order valence-electron chi connectivity index (χ4n) is 3.65. The van der Waals surface area contributed by atoms with Crippen molar-refractivity contribution in [1.29, 1.82) is 0 Å². The van der Waals surface area contributed by atoms with Gasteiger partial charge in [0.05, 0.1) is 15.9 Å². The van der Waals surface area contributed by atoms with Crippen molar-refractivity contribution in [3.63, 3.8) is 0 Å². The quantitative estimate of drug-likeness (QED) is 0.469. The molecule has 1 aliphatic heterocycles. The summed E-state index contributed by atoms with van der Waals surface area (Å²) in [6.45, 7) is 3.30. The van der Waals surface area contributed by atoms with Gasteiger partial charge in [-0.25, -0.2) is 4.98 Å². The number of anilines is 2. The number of carbonyl (C=O) groups is 3. The molecule has 174 valence electrons. The Bertz CT molecular complexity index is 1160. The van der Waals surface area contributed by atoms with Crippen molar-refractivity contribution in [1.82, 2.24) is 9.88 Å². The van der Waals surface area contributed by atoms with Gasteiger partial charge in [0.25, 0.3) is 5.91 Å². The topological polar surface area (TPSA) is 73.8 Å². The Morgan fingerprint density at radius 3 is 2.30 bits per heavy atom. The van der Waals surface area contributed by atoms with Crippen LogP contribution in [0.3, 0.4) is 0 Å². The standard InChI is InChI=1S/C24H26N4O3S.ClH/c1-4-16-5-10-19-20(15-16)32-24(25-19)27(14-13-26(2)3)23(31)17-6-8-18(9-7-17)28-21(29)11-12-22(28)30;/h5-10,15H,4,11-14H2,1-3H3;1H. The molecule has 1 saturated heterocycles. The molecular weight excluding hydrogens is 460 g/mol. The van der Waals surface area contributed by atoms with E-state index in [-0.39, 0.29) is 43.0 Å². The molecule has 0 atom stereocenters. The first-order valence-electron chi connectivity index (χ1n) is 10.7. The molecule has 1 fully saturated rings. The number of benzene rings is 2. The van der Waals surface area contributed by atoms with Gasteiger partial charge in [0.1, 0.15) is 0 Å². The minimum atomic E-state index is -0.206. The number of carbonyl (C=O) groups excluding carboxylic acids is 3. The van der Waals surface area contributed by atoms with E-state index in [1.807, 2.05) is 25.1 Å². The highest BCUT2D eigenvalue weighted by Crippen LogP contribution is 2.31. The predicted molar refractivity (Wildman–Crippen MR) is 135 cm³/mol. The van der Waals surface area contributed by atoms with E-state index in [0.717, 1.165) is 16.6 Å². The average Bonchev–Trinajstić information content (AvgIpc) is 3.35. The van der Waals surface area contributed by atoms with Crippen molar-refractivity contribution < 1.29 is 14.4 Å². The second kappa shape index (κ2) is 10.4. The van der Waals surface area contributed by atoms with Gasteiger partial charge >= 0.3 is 0 Å². The highest BCUT2D eigenvalue weighted by Gasteiger charge is 2.30. The van der Waals surface area contributed by atoms with Crippen LogP contribution in [0, 0.1) is 0 Å². The van der Waals surface area contributed by atoms with E-state index < -0.39 is 0 Å². The Hall–Kier alpha value is -2.81. The van der Waals surface area contributed by atoms with Crippen LogP contribution >= 0.6 is 23.7 Å². The van der Waals surface area contributed by atoms with Crippen molar-refractivity contribution in [2.45, 2.75) is 26.2 Å². The van der Waals surface area contributed by atoms with Gasteiger partial charge in [-0.1, -0.05) is 24.3 Å². The van der Waals surface area contributed by atoms with Gasteiger partial charge < -0.3 is 4.90 Å². The number of aromatic nitrogens is 1. The van der Waals surface area contributed by atoms with Gasteiger partial charge in [-0.3, -0.25) is 24.2 Å². The Balaban J connectivity index is 0.00000306. The average molecular weight is 487 g/mol. The molecule has 0 N–H and O–H groups in total. The molecule has 0 bridgehead atoms. The smallest absolute Gasteiger partial charge is 0.260 e. The lowest BCUT2D eigenvalue weighted by atomic mass is 10.1. The van der Waals surface area contributed by atoms with E-state index in [1.165, 1.54) is 21.8 Å². The molecule has 0 saturated carbocycles. The molecule has 33 heavy (non-hydrogen) atoms. The van der Waals surface area contributed by atoms with E-state index in [2.05, 4.69) is 19.1 Å². The van der Waals surface area contributed by atoms with Gasteiger partial charge in [-0.15, -0.1) is 12.4 Å². The number of halogens is 1. The van der Waals surface area contributed by atoms with Crippen molar-refractivity contribution in [3.05, 3.63) is 53.6 Å². The predicted octanol–water partition coefficient (Wildman–Crippen LogP) is 4.14. The van der Waals surface area contributed by atoms with Crippen molar-refractivity contribution >= 4 is 62.5 Å². The largest absolute Gasteiger partial charge is 0.308 e. The molecule has 0 aliphatic carbocycles. The third kappa shape index (κ3) is 5.24. The van der Waals surface area contributed by atoms with Crippen LogP contribution in [-0.2, 0) is 16.0 Å². The van der Waals surface area contributed by atoms with Crippen molar-refractivity contribution in [2.24, 2.45) is 0 Å². The third-order valence-electron chi connectivity index (χ3n) is 5.52. The molecule has 9 heteroatoms. The summed E-state index contributed by atoms with van der Waals surface area (Å²) in [6.07, 6.45) is 1.41. The highest BCUT2D eigenvalue weighted by molar-refractivity contribution is 7.22. The SMILES string of the molecule is CCc1ccc2nc(N(CCN(C)C)C(=O)c3ccc(N4C(=O)CCC4=O)cc3)sc2c1.Cl. The zero-order valence-electron chi connectivity index (χ0n) is 18.9. The summed E-state index contributed by atoms with van der Waals surface area (Å²) in [5, 5.41) is 0.661. The van der Waals surface area contributed by atoms with E-state index in [9.17, 15) is 14.4 Å². The number of thiazole rings is 1. The maximum Gasteiger partial charge on any atom is 0.260 e. The number of amides is 3. The second-order valence-corrected chi connectivity index (χ2v) is 9.09. The summed E-state index contributed by atoms with van der Waals surface area (Å²) < 4.78 is 1.06. The number of fused-ring (bicyclic) bond motifs is 1. The molecule has 2 heterocycles. The van der Waals surface area contributed by atoms with Crippen molar-refractivity contribution in [2.75, 3.05) is 37.0 Å². The van der Waals surface area contributed by atoms with E-state index >= 15 is 0 Å². The van der Waals surface area contributed by atoms with Gasteiger partial charge in [-0.05, 0) is 62.5 Å². The van der Waals surface area contributed by atoms with Gasteiger partial charge in [0, 0.05) is 31.5 Å². The van der Waals surface area contributed by atoms with Crippen LogP contribution < -0.4 is 9.80 Å². The van der Waals surface area contributed by atoms with Gasteiger partial charge in [-0.2, -0.15) is 0 Å². The zero-order valence-corrected chi connectivity index (χ0v) is 20.5. The fourth-order valence-corrected chi connectivity index (χ4v) is 4.70. The van der Waals surface area contributed by atoms with E-state index in [4.69, 9.17) is 4.98 Å². The van der Waals surface area contributed by atoms with Crippen LogP contribution in [-0.4, -0.2) is 54.8 Å². The summed E-state index contributed by atoms with van der Waals surface area (Å²) in [5.74, 6) is -0.572. The van der Waals surface area contributed by atoms with Gasteiger partial charge in [0.15, 0.2) is 5.13 Å². The number of likely N-dealkylation sites (N-methyl/N-ethyl adjacent to an activating group) is 1. The van der Waals surface area contributed by atoms with Crippen LogP contribution in [0.4, 0.5) is 10.8 Å². The lowest BCUT2D eigenvalue weighted by Crippen LogP contribution is -2.36. The van der Waals surface area contributed by atoms with Gasteiger partial charge in [0.2, 0.25) is 11.8 Å². The van der Waals surface area contributed by atoms with Crippen molar-refractivity contribution in [3.8, 4) is 0 Å². The number of hydrogen-bond donors (Lipinski definition) is 0. The number of imide groups is 1. The van der Waals surface area contributed by atoms with Crippen LogP contribution in [0.25, 0.3) is 10.2 Å². The molecule has 0 unspecified atom stereocenters. The second-order valence-electron chi connectivity index (χ2n) is 8.08. The Kier molecular flexibility index (Phi) is 7.84. The summed E-state index contributed by atoms with van der Waals surface area (Å²) in [5.41, 5.74) is 3.10. The number of rotatable bonds is 7. The fraction of sp³-hybridized carbons (Fsp3) is 0.333. The first-order chi connectivity index (χ1) is 15.4. The third-order valence-corrected chi connectivity index (χ3v) is 6.56. The molecular formula is C24H27ClN4O3S.